The van der Waals surface area contributed by atoms with E-state index in [1.165, 1.54) is 12.8 Å². The standard InChI is InChI=1S/C15H26N4/c1-5-16-12(3)14-6-8-19(9-7-14)15-13(4)17-10-11(2)18-15/h10,12,14,16H,5-9H2,1-4H3. The first-order chi connectivity index (χ1) is 9.11. The summed E-state index contributed by atoms with van der Waals surface area (Å²) in [5.74, 6) is 1.86. The lowest BCUT2D eigenvalue weighted by molar-refractivity contribution is 0.314. The van der Waals surface area contributed by atoms with Gasteiger partial charge >= 0.3 is 0 Å². The van der Waals surface area contributed by atoms with Crippen LogP contribution >= 0.6 is 0 Å². The van der Waals surface area contributed by atoms with Crippen LogP contribution in [-0.4, -0.2) is 35.6 Å². The van der Waals surface area contributed by atoms with Gasteiger partial charge in [0.05, 0.1) is 11.4 Å². The van der Waals surface area contributed by atoms with E-state index in [0.717, 1.165) is 42.8 Å². The fourth-order valence-corrected chi connectivity index (χ4v) is 2.92. The minimum absolute atomic E-state index is 0.622. The zero-order valence-electron chi connectivity index (χ0n) is 12.6. The molecule has 1 unspecified atom stereocenters. The molecule has 1 atom stereocenters. The highest BCUT2D eigenvalue weighted by molar-refractivity contribution is 5.43. The second-order valence-electron chi connectivity index (χ2n) is 5.59. The predicted octanol–water partition coefficient (Wildman–Crippen LogP) is 2.31. The molecule has 1 fully saturated rings. The van der Waals surface area contributed by atoms with Gasteiger partial charge < -0.3 is 10.2 Å². The summed E-state index contributed by atoms with van der Waals surface area (Å²) in [5.41, 5.74) is 2.05. The number of piperidine rings is 1. The molecule has 19 heavy (non-hydrogen) atoms. The molecule has 1 aliphatic rings. The first-order valence-corrected chi connectivity index (χ1v) is 7.40. The van der Waals surface area contributed by atoms with Gasteiger partial charge in [-0.05, 0) is 46.1 Å². The minimum atomic E-state index is 0.622. The molecule has 2 heterocycles. The van der Waals surface area contributed by atoms with Crippen molar-refractivity contribution in [2.45, 2.75) is 46.6 Å². The van der Waals surface area contributed by atoms with Gasteiger partial charge in [-0.1, -0.05) is 6.92 Å². The van der Waals surface area contributed by atoms with Crippen LogP contribution in [0.3, 0.4) is 0 Å². The summed E-state index contributed by atoms with van der Waals surface area (Å²) in [6.07, 6.45) is 4.32. The zero-order valence-corrected chi connectivity index (χ0v) is 12.6. The van der Waals surface area contributed by atoms with Crippen LogP contribution in [0, 0.1) is 19.8 Å². The Hall–Kier alpha value is -1.16. The maximum Gasteiger partial charge on any atom is 0.150 e. The van der Waals surface area contributed by atoms with Crippen molar-refractivity contribution >= 4 is 5.82 Å². The highest BCUT2D eigenvalue weighted by atomic mass is 15.2. The third-order valence-electron chi connectivity index (χ3n) is 4.12. The molecule has 1 aromatic rings. The predicted molar refractivity (Wildman–Crippen MR) is 79.6 cm³/mol. The molecule has 0 spiro atoms. The minimum Gasteiger partial charge on any atom is -0.355 e. The zero-order chi connectivity index (χ0) is 13.8. The molecule has 1 aromatic heterocycles. The third-order valence-corrected chi connectivity index (χ3v) is 4.12. The topological polar surface area (TPSA) is 41.0 Å². The first-order valence-electron chi connectivity index (χ1n) is 7.40. The van der Waals surface area contributed by atoms with Crippen LogP contribution in [0.4, 0.5) is 5.82 Å². The van der Waals surface area contributed by atoms with E-state index >= 15 is 0 Å². The van der Waals surface area contributed by atoms with Gasteiger partial charge in [-0.15, -0.1) is 0 Å². The molecular weight excluding hydrogens is 236 g/mol. The van der Waals surface area contributed by atoms with Crippen molar-refractivity contribution < 1.29 is 0 Å². The number of hydrogen-bond donors (Lipinski definition) is 1. The van der Waals surface area contributed by atoms with Gasteiger partial charge in [0.2, 0.25) is 0 Å². The van der Waals surface area contributed by atoms with E-state index in [4.69, 9.17) is 0 Å². The van der Waals surface area contributed by atoms with Crippen molar-refractivity contribution in [2.24, 2.45) is 5.92 Å². The fourth-order valence-electron chi connectivity index (χ4n) is 2.92. The molecule has 4 heteroatoms. The Labute approximate surface area is 116 Å². The Morgan fingerprint density at radius 3 is 2.68 bits per heavy atom. The number of hydrogen-bond acceptors (Lipinski definition) is 4. The van der Waals surface area contributed by atoms with Crippen molar-refractivity contribution in [1.29, 1.82) is 0 Å². The van der Waals surface area contributed by atoms with Gasteiger partial charge in [-0.25, -0.2) is 4.98 Å². The summed E-state index contributed by atoms with van der Waals surface area (Å²) in [6.45, 7) is 11.8. The highest BCUT2D eigenvalue weighted by Gasteiger charge is 2.24. The Morgan fingerprint density at radius 1 is 1.37 bits per heavy atom. The molecule has 1 N–H and O–H groups in total. The number of aromatic nitrogens is 2. The third kappa shape index (κ3) is 3.44. The molecule has 4 nitrogen and oxygen atoms in total. The van der Waals surface area contributed by atoms with Crippen LogP contribution in [0.15, 0.2) is 6.20 Å². The summed E-state index contributed by atoms with van der Waals surface area (Å²) in [6, 6.07) is 0.622. The summed E-state index contributed by atoms with van der Waals surface area (Å²) in [4.78, 5) is 11.5. The molecule has 1 saturated heterocycles. The molecule has 2 rings (SSSR count). The average Bonchev–Trinajstić information content (AvgIpc) is 2.42. The van der Waals surface area contributed by atoms with Crippen molar-refractivity contribution in [3.63, 3.8) is 0 Å². The molecule has 0 bridgehead atoms. The van der Waals surface area contributed by atoms with Crippen LogP contribution in [0.2, 0.25) is 0 Å². The number of nitrogens with zero attached hydrogens (tertiary/aromatic N) is 3. The SMILES string of the molecule is CCNC(C)C1CCN(c2nc(C)cnc2C)CC1. The molecule has 0 saturated carbocycles. The van der Waals surface area contributed by atoms with Crippen LogP contribution in [0.25, 0.3) is 0 Å². The van der Waals surface area contributed by atoms with Gasteiger partial charge in [0.1, 0.15) is 5.82 Å². The van der Waals surface area contributed by atoms with Crippen molar-refractivity contribution in [2.75, 3.05) is 24.5 Å². The smallest absolute Gasteiger partial charge is 0.150 e. The summed E-state index contributed by atoms with van der Waals surface area (Å²) < 4.78 is 0. The normalized spacial score (nSPS) is 18.6. The lowest BCUT2D eigenvalue weighted by Gasteiger charge is -2.36. The number of aryl methyl sites for hydroxylation is 2. The Kier molecular flexibility index (Phi) is 4.75. The van der Waals surface area contributed by atoms with Crippen molar-refractivity contribution in [3.05, 3.63) is 17.6 Å². The van der Waals surface area contributed by atoms with E-state index in [2.05, 4.69) is 41.0 Å². The molecule has 0 radical (unpaired) electrons. The van der Waals surface area contributed by atoms with Crippen molar-refractivity contribution in [1.82, 2.24) is 15.3 Å². The van der Waals surface area contributed by atoms with E-state index in [1.807, 2.05) is 13.1 Å². The number of nitrogens with one attached hydrogen (secondary N) is 1. The molecule has 106 valence electrons. The van der Waals surface area contributed by atoms with Gasteiger partial charge in [0, 0.05) is 25.3 Å². The first kappa shape index (κ1) is 14.3. The molecule has 0 amide bonds. The second-order valence-corrected chi connectivity index (χ2v) is 5.59. The van der Waals surface area contributed by atoms with E-state index in [0.29, 0.717) is 6.04 Å². The maximum atomic E-state index is 4.65. The van der Waals surface area contributed by atoms with E-state index in [9.17, 15) is 0 Å². The van der Waals surface area contributed by atoms with E-state index < -0.39 is 0 Å². The molecule has 0 aliphatic carbocycles. The van der Waals surface area contributed by atoms with Crippen LogP contribution in [0.1, 0.15) is 38.1 Å². The van der Waals surface area contributed by atoms with Crippen LogP contribution < -0.4 is 10.2 Å². The summed E-state index contributed by atoms with van der Waals surface area (Å²) >= 11 is 0. The largest absolute Gasteiger partial charge is 0.355 e. The molecule has 0 aromatic carbocycles. The lowest BCUT2D eigenvalue weighted by atomic mass is 9.90. The lowest BCUT2D eigenvalue weighted by Crippen LogP contribution is -2.42. The number of anilines is 1. The van der Waals surface area contributed by atoms with Crippen LogP contribution in [0.5, 0.6) is 0 Å². The molecular formula is C15H26N4. The summed E-state index contributed by atoms with van der Waals surface area (Å²) in [5, 5.41) is 3.54. The number of rotatable bonds is 4. The fraction of sp³-hybridized carbons (Fsp3) is 0.733. The second kappa shape index (κ2) is 6.33. The highest BCUT2D eigenvalue weighted by Crippen LogP contribution is 2.25. The van der Waals surface area contributed by atoms with Gasteiger partial charge in [-0.2, -0.15) is 0 Å². The van der Waals surface area contributed by atoms with Crippen LogP contribution in [-0.2, 0) is 0 Å². The van der Waals surface area contributed by atoms with Gasteiger partial charge in [0.25, 0.3) is 0 Å². The maximum absolute atomic E-state index is 4.65. The average molecular weight is 262 g/mol. The molecule has 1 aliphatic heterocycles. The van der Waals surface area contributed by atoms with Crippen molar-refractivity contribution in [3.8, 4) is 0 Å². The van der Waals surface area contributed by atoms with E-state index in [-0.39, 0.29) is 0 Å². The van der Waals surface area contributed by atoms with Gasteiger partial charge in [0.15, 0.2) is 0 Å². The quantitative estimate of drug-likeness (QED) is 0.904. The summed E-state index contributed by atoms with van der Waals surface area (Å²) in [7, 11) is 0. The van der Waals surface area contributed by atoms with Gasteiger partial charge in [-0.3, -0.25) is 4.98 Å². The Bertz CT molecular complexity index is 411. The Morgan fingerprint density at radius 2 is 2.05 bits per heavy atom. The Balaban J connectivity index is 1.98. The monoisotopic (exact) mass is 262 g/mol. The van der Waals surface area contributed by atoms with E-state index in [1.54, 1.807) is 0 Å².